The van der Waals surface area contributed by atoms with Crippen molar-refractivity contribution >= 4 is 43.2 Å². The Morgan fingerprint density at radius 1 is 1.50 bits per heavy atom. The van der Waals surface area contributed by atoms with Crippen LogP contribution in [0.3, 0.4) is 0 Å². The van der Waals surface area contributed by atoms with E-state index in [9.17, 15) is 12.2 Å². The predicted octanol–water partition coefficient (Wildman–Crippen LogP) is -2.41. The Morgan fingerprint density at radius 3 is 1.88 bits per heavy atom. The molecule has 0 aromatic heterocycles. The van der Waals surface area contributed by atoms with Gasteiger partial charge in [-0.3, -0.25) is 0 Å². The predicted molar refractivity (Wildman–Crippen MR) is 29.0 cm³/mol. The zero-order valence-electron chi connectivity index (χ0n) is 3.07. The van der Waals surface area contributed by atoms with Crippen LogP contribution in [0.15, 0.2) is 0 Å². The van der Waals surface area contributed by atoms with Gasteiger partial charge in [-0.1, -0.05) is 0 Å². The van der Waals surface area contributed by atoms with Gasteiger partial charge in [-0.2, -0.15) is 0 Å². The second-order valence-corrected chi connectivity index (χ2v) is 2.44. The van der Waals surface area contributed by atoms with Crippen LogP contribution in [0.25, 0.3) is 0 Å². The molecule has 0 atom stereocenters. The molecule has 0 aliphatic carbocycles. The van der Waals surface area contributed by atoms with Gasteiger partial charge in [0.2, 0.25) is 0 Å². The molecule has 0 spiro atoms. The molecule has 1 N–H and O–H groups in total. The van der Waals surface area contributed by atoms with Gasteiger partial charge in [0.15, 0.2) is 17.4 Å². The molecule has 0 saturated heterocycles. The van der Waals surface area contributed by atoms with E-state index in [1.54, 1.807) is 0 Å². The third kappa shape index (κ3) is 9.76. The fourth-order valence-corrected chi connectivity index (χ4v) is 0.447. The van der Waals surface area contributed by atoms with Crippen LogP contribution >= 0.6 is 0 Å². The molecule has 0 aromatic carbocycles. The summed E-state index contributed by atoms with van der Waals surface area (Å²) in [5.74, 6) is 0. The van der Waals surface area contributed by atoms with E-state index in [1.807, 2.05) is 0 Å². The average Bonchev–Trinajstić information content (AvgIpc) is 1.30. The Labute approximate surface area is 63.4 Å². The molecule has 0 heterocycles. The number of hydrogen-bond donors (Lipinski definition) is 1. The van der Waals surface area contributed by atoms with Crippen LogP contribution < -0.4 is 0 Å². The van der Waals surface area contributed by atoms with Gasteiger partial charge in [0.25, 0.3) is 0 Å². The van der Waals surface area contributed by atoms with Crippen molar-refractivity contribution in [1.29, 1.82) is 0 Å². The minimum absolute atomic E-state index is 0. The van der Waals surface area contributed by atoms with E-state index in [0.717, 1.165) is 0 Å². The van der Waals surface area contributed by atoms with Gasteiger partial charge in [0.05, 0.1) is 0 Å². The maximum atomic E-state index is 9.39. The van der Waals surface area contributed by atoms with Crippen LogP contribution in [0.5, 0.6) is 0 Å². The Morgan fingerprint density at radius 2 is 1.88 bits per heavy atom. The Balaban J connectivity index is 0. The van der Waals surface area contributed by atoms with E-state index in [-0.39, 0.29) is 17.4 Å². The van der Waals surface area contributed by atoms with Crippen molar-refractivity contribution in [2.75, 3.05) is 0 Å². The topological polar surface area (TPSA) is 80.7 Å². The second kappa shape index (κ2) is 4.45. The summed E-state index contributed by atoms with van der Waals surface area (Å²) in [6.45, 7) is 0. The number of hydrogen-bond acceptors (Lipinski definition) is 4. The minimum atomic E-state index is -4.45. The molecule has 0 aliphatic rings. The molecular weight excluding hydrogens is 166 g/mol. The Kier molecular flexibility index (Phi) is 6.34. The van der Waals surface area contributed by atoms with Crippen molar-refractivity contribution in [2.24, 2.45) is 0 Å². The Bertz CT molecular complexity index is 144. The van der Waals surface area contributed by atoms with Crippen molar-refractivity contribution in [3.05, 3.63) is 0 Å². The number of rotatable bonds is 2. The normalized spacial score (nSPS) is 8.62. The quantitative estimate of drug-likeness (QED) is 0.368. The van der Waals surface area contributed by atoms with Crippen LogP contribution in [-0.4, -0.2) is 45.8 Å². The second-order valence-electron chi connectivity index (χ2n) is 0.620. The summed E-state index contributed by atoms with van der Waals surface area (Å²) >= 11 is -1.88. The molecule has 0 radical (unpaired) electrons. The van der Waals surface area contributed by atoms with Crippen LogP contribution in [-0.2, 0) is 17.4 Å². The molecule has 0 bridgehead atoms. The molecule has 0 aromatic rings. The van der Waals surface area contributed by atoms with Crippen molar-refractivity contribution in [2.45, 2.75) is 0 Å². The summed E-state index contributed by atoms with van der Waals surface area (Å²) in [7, 11) is -4.45. The van der Waals surface area contributed by atoms with Crippen LogP contribution in [0, 0.1) is 0 Å². The monoisotopic (exact) mass is 170 g/mol. The van der Waals surface area contributed by atoms with Crippen LogP contribution in [0.1, 0.15) is 0 Å². The van der Waals surface area contributed by atoms with Crippen LogP contribution in [0.2, 0.25) is 0 Å². The molecule has 8 heavy (non-hydrogen) atoms. The van der Waals surface area contributed by atoms with E-state index in [1.165, 1.54) is 0 Å². The molecule has 0 rings (SSSR count). The third-order valence-corrected chi connectivity index (χ3v) is 1.45. The van der Waals surface area contributed by atoms with Gasteiger partial charge in [-0.15, -0.1) is 0 Å². The molecule has 0 amide bonds. The van der Waals surface area contributed by atoms with E-state index in [0.29, 0.717) is 0 Å². The third-order valence-electron chi connectivity index (χ3n) is 0.161. The summed E-state index contributed by atoms with van der Waals surface area (Å²) in [5.41, 5.74) is 0. The van der Waals surface area contributed by atoms with Gasteiger partial charge >= 0.3 is 45.9 Å². The van der Waals surface area contributed by atoms with Crippen molar-refractivity contribution in [1.82, 2.24) is 0 Å². The fourth-order valence-electron chi connectivity index (χ4n) is 0.0496. The molecule has 8 heteroatoms. The summed E-state index contributed by atoms with van der Waals surface area (Å²) in [6.07, 6.45) is 0. The van der Waals surface area contributed by atoms with Crippen molar-refractivity contribution < 1.29 is 20.0 Å². The molecular formula is H4Al2O5S. The maximum absolute atomic E-state index is 9.39. The summed E-state index contributed by atoms with van der Waals surface area (Å²) < 4.78 is 38.9. The zero-order valence-corrected chi connectivity index (χ0v) is 5.04. The van der Waals surface area contributed by atoms with Crippen molar-refractivity contribution in [3.63, 3.8) is 0 Å². The van der Waals surface area contributed by atoms with Gasteiger partial charge in [0, 0.05) is 0 Å². The van der Waals surface area contributed by atoms with Gasteiger partial charge in [-0.05, 0) is 0 Å². The summed E-state index contributed by atoms with van der Waals surface area (Å²) in [6, 6.07) is 0. The van der Waals surface area contributed by atoms with E-state index in [2.05, 4.69) is 3.23 Å². The first-order chi connectivity index (χ1) is 3.06. The van der Waals surface area contributed by atoms with E-state index < -0.39 is 25.9 Å². The summed E-state index contributed by atoms with van der Waals surface area (Å²) in [5, 5.41) is 0. The van der Waals surface area contributed by atoms with E-state index >= 15 is 0 Å². The van der Waals surface area contributed by atoms with Crippen LogP contribution in [0.4, 0.5) is 0 Å². The molecule has 0 fully saturated rings. The first-order valence-electron chi connectivity index (χ1n) is 1.15. The molecule has 0 saturated carbocycles. The van der Waals surface area contributed by atoms with Gasteiger partial charge in [0.1, 0.15) is 0 Å². The first-order valence-corrected chi connectivity index (χ1v) is 3.46. The standard InChI is InChI=1S/2Al.H2O4S.O.3H/c;;1-5(2,3)4;;;;/h;;(H2,1,2,3,4);;;;/q;+1;;;;;/p-1. The molecule has 46 valence electrons. The van der Waals surface area contributed by atoms with Gasteiger partial charge < -0.3 is 0 Å². The molecule has 0 aliphatic heterocycles. The van der Waals surface area contributed by atoms with Crippen molar-refractivity contribution in [3.8, 4) is 0 Å². The molecule has 0 unspecified atom stereocenters. The summed E-state index contributed by atoms with van der Waals surface area (Å²) in [4.78, 5) is 0. The van der Waals surface area contributed by atoms with Gasteiger partial charge in [-0.25, -0.2) is 0 Å². The zero-order chi connectivity index (χ0) is 5.91. The SMILES string of the molecule is [AlH3].[O]=[Al][O]S(=O)(=O)O. The Hall–Kier alpha value is 0.575. The first kappa shape index (κ1) is 11.4. The molecule has 5 nitrogen and oxygen atoms in total. The van der Waals surface area contributed by atoms with E-state index in [4.69, 9.17) is 4.55 Å². The fraction of sp³-hybridized carbons (Fsp3) is 0. The average molecular weight is 170 g/mol.